The molecule has 3 aromatic carbocycles. The number of carboxylic acid groups (broad SMARTS) is 1. The van der Waals surface area contributed by atoms with E-state index < -0.39 is 11.5 Å². The number of nitrogens with zero attached hydrogens (tertiary/aromatic N) is 1. The third-order valence-electron chi connectivity index (χ3n) is 4.63. The van der Waals surface area contributed by atoms with Crippen LogP contribution in [0.2, 0.25) is 0 Å². The number of carbonyl (C=O) groups is 1. The van der Waals surface area contributed by atoms with Crippen molar-refractivity contribution in [1.29, 1.82) is 0 Å². The number of fused-ring (bicyclic) bond motifs is 1. The average molecular weight is 453 g/mol. The third kappa shape index (κ3) is 4.03. The van der Waals surface area contributed by atoms with Crippen molar-refractivity contribution >= 4 is 27.7 Å². The number of aliphatic imine (C=N–C) groups is 1. The predicted molar refractivity (Wildman–Crippen MR) is 117 cm³/mol. The molecule has 0 aliphatic carbocycles. The minimum atomic E-state index is -0.833. The van der Waals surface area contributed by atoms with Crippen LogP contribution in [-0.4, -0.2) is 24.0 Å². The Morgan fingerprint density at radius 2 is 1.69 bits per heavy atom. The lowest BCUT2D eigenvalue weighted by atomic mass is 9.77. The Balaban J connectivity index is 0.000000552. The Hall–Kier alpha value is -3.12. The lowest BCUT2D eigenvalue weighted by molar-refractivity contribution is -0.134. The summed E-state index contributed by atoms with van der Waals surface area (Å²) in [7, 11) is 1.67. The second-order valence-corrected chi connectivity index (χ2v) is 7.43. The van der Waals surface area contributed by atoms with Gasteiger partial charge in [0, 0.05) is 17.0 Å². The molecule has 1 atom stereocenters. The summed E-state index contributed by atoms with van der Waals surface area (Å²) < 4.78 is 6.32. The highest BCUT2D eigenvalue weighted by Gasteiger charge is 2.42. The molecule has 0 radical (unpaired) electrons. The number of hydrogen-bond acceptors (Lipinski definition) is 4. The van der Waals surface area contributed by atoms with Gasteiger partial charge in [0.15, 0.2) is 0 Å². The molecule has 1 aliphatic heterocycles. The molecule has 0 bridgehead atoms. The molecular weight excluding hydrogens is 432 g/mol. The van der Waals surface area contributed by atoms with Crippen molar-refractivity contribution in [3.63, 3.8) is 0 Å². The Morgan fingerprint density at radius 1 is 1.03 bits per heavy atom. The standard InChI is InChI=1S/C21H17BrN2O.C2H4O2/c1-25-17-11-9-14(10-12-17)21(15-5-4-6-16(22)13-15)19-8-3-2-7-18(19)20(23)24-21;1-2(3)4/h2-13H,1H3,(H2,23,24);1H3,(H,3,4). The number of nitrogens with two attached hydrogens (primary N) is 1. The summed E-state index contributed by atoms with van der Waals surface area (Å²) in [6.07, 6.45) is 0. The second kappa shape index (κ2) is 8.49. The van der Waals surface area contributed by atoms with E-state index >= 15 is 0 Å². The summed E-state index contributed by atoms with van der Waals surface area (Å²) in [4.78, 5) is 14.0. The molecule has 3 aromatic rings. The van der Waals surface area contributed by atoms with E-state index in [4.69, 9.17) is 25.4 Å². The number of carboxylic acids is 1. The molecule has 3 N–H and O–H groups in total. The molecular formula is C23H21BrN2O3. The number of benzene rings is 3. The van der Waals surface area contributed by atoms with Crippen LogP contribution in [0.1, 0.15) is 29.2 Å². The number of amidine groups is 1. The van der Waals surface area contributed by atoms with Crippen LogP contribution in [0.4, 0.5) is 0 Å². The molecule has 0 spiro atoms. The summed E-state index contributed by atoms with van der Waals surface area (Å²) >= 11 is 3.58. The first-order chi connectivity index (χ1) is 13.9. The van der Waals surface area contributed by atoms with Crippen LogP contribution in [0, 0.1) is 0 Å². The molecule has 5 nitrogen and oxygen atoms in total. The van der Waals surface area contributed by atoms with E-state index in [1.165, 1.54) is 0 Å². The molecule has 1 heterocycles. The Kier molecular flexibility index (Phi) is 6.03. The maximum absolute atomic E-state index is 9.00. The Bertz CT molecular complexity index is 1060. The Morgan fingerprint density at radius 3 is 2.31 bits per heavy atom. The summed E-state index contributed by atoms with van der Waals surface area (Å²) in [5, 5.41) is 7.42. The van der Waals surface area contributed by atoms with E-state index in [9.17, 15) is 0 Å². The maximum atomic E-state index is 9.00. The van der Waals surface area contributed by atoms with Gasteiger partial charge in [0.25, 0.3) is 5.97 Å². The van der Waals surface area contributed by atoms with Crippen molar-refractivity contribution in [2.45, 2.75) is 12.5 Å². The van der Waals surface area contributed by atoms with Crippen LogP contribution in [0.5, 0.6) is 5.75 Å². The minimum absolute atomic E-state index is 0.561. The smallest absolute Gasteiger partial charge is 0.300 e. The molecule has 0 amide bonds. The fourth-order valence-corrected chi connectivity index (χ4v) is 3.87. The number of aliphatic carboxylic acids is 1. The normalized spacial score (nSPS) is 16.9. The zero-order valence-electron chi connectivity index (χ0n) is 16.1. The quantitative estimate of drug-likeness (QED) is 0.609. The van der Waals surface area contributed by atoms with Crippen molar-refractivity contribution in [3.05, 3.63) is 99.5 Å². The van der Waals surface area contributed by atoms with Crippen molar-refractivity contribution in [2.75, 3.05) is 7.11 Å². The van der Waals surface area contributed by atoms with Gasteiger partial charge in [0.05, 0.1) is 7.11 Å². The van der Waals surface area contributed by atoms with Gasteiger partial charge in [-0.1, -0.05) is 64.5 Å². The zero-order valence-corrected chi connectivity index (χ0v) is 17.7. The lowest BCUT2D eigenvalue weighted by Crippen LogP contribution is -2.25. The Labute approximate surface area is 178 Å². The van der Waals surface area contributed by atoms with Gasteiger partial charge in [-0.3, -0.25) is 4.79 Å². The number of hydrogen-bond donors (Lipinski definition) is 2. The SMILES string of the molecule is CC(=O)O.COc1ccc(C2(c3cccc(Br)c3)N=C(N)c3ccccc32)cc1. The van der Waals surface area contributed by atoms with E-state index in [0.717, 1.165) is 39.4 Å². The van der Waals surface area contributed by atoms with E-state index in [2.05, 4.69) is 46.3 Å². The monoisotopic (exact) mass is 452 g/mol. The largest absolute Gasteiger partial charge is 0.497 e. The van der Waals surface area contributed by atoms with Crippen LogP contribution < -0.4 is 10.5 Å². The third-order valence-corrected chi connectivity index (χ3v) is 5.12. The van der Waals surface area contributed by atoms with Gasteiger partial charge in [-0.25, -0.2) is 4.99 Å². The summed E-state index contributed by atoms with van der Waals surface area (Å²) in [5.74, 6) is 0.544. The summed E-state index contributed by atoms with van der Waals surface area (Å²) in [5.41, 5.74) is 9.85. The van der Waals surface area contributed by atoms with Gasteiger partial charge in [0.2, 0.25) is 0 Å². The molecule has 0 saturated heterocycles. The van der Waals surface area contributed by atoms with Gasteiger partial charge >= 0.3 is 0 Å². The molecule has 29 heavy (non-hydrogen) atoms. The van der Waals surface area contributed by atoms with Crippen LogP contribution >= 0.6 is 15.9 Å². The molecule has 0 aromatic heterocycles. The van der Waals surface area contributed by atoms with Gasteiger partial charge < -0.3 is 15.6 Å². The van der Waals surface area contributed by atoms with Gasteiger partial charge in [0.1, 0.15) is 17.1 Å². The first kappa shape index (κ1) is 20.6. The average Bonchev–Trinajstić information content (AvgIpc) is 3.02. The maximum Gasteiger partial charge on any atom is 0.300 e. The summed E-state index contributed by atoms with van der Waals surface area (Å²) in [6, 6.07) is 24.4. The molecule has 0 saturated carbocycles. The van der Waals surface area contributed by atoms with Gasteiger partial charge in [-0.15, -0.1) is 0 Å². The van der Waals surface area contributed by atoms with Crippen LogP contribution in [0.15, 0.2) is 82.3 Å². The summed E-state index contributed by atoms with van der Waals surface area (Å²) in [6.45, 7) is 1.08. The van der Waals surface area contributed by atoms with Crippen LogP contribution in [0.3, 0.4) is 0 Å². The fraction of sp³-hybridized carbons (Fsp3) is 0.130. The lowest BCUT2D eigenvalue weighted by Gasteiger charge is -2.29. The van der Waals surface area contributed by atoms with Gasteiger partial charge in [-0.05, 0) is 41.0 Å². The predicted octanol–water partition coefficient (Wildman–Crippen LogP) is 4.56. The number of halogens is 1. The first-order valence-electron chi connectivity index (χ1n) is 8.94. The molecule has 1 unspecified atom stereocenters. The van der Waals surface area contributed by atoms with Crippen molar-refractivity contribution in [2.24, 2.45) is 10.7 Å². The van der Waals surface area contributed by atoms with Crippen molar-refractivity contribution < 1.29 is 14.6 Å². The van der Waals surface area contributed by atoms with E-state index in [1.807, 2.05) is 42.5 Å². The molecule has 0 fully saturated rings. The minimum Gasteiger partial charge on any atom is -0.497 e. The van der Waals surface area contributed by atoms with Gasteiger partial charge in [-0.2, -0.15) is 0 Å². The number of methoxy groups -OCH3 is 1. The highest BCUT2D eigenvalue weighted by Crippen LogP contribution is 2.46. The van der Waals surface area contributed by atoms with Crippen molar-refractivity contribution in [3.8, 4) is 5.75 Å². The van der Waals surface area contributed by atoms with Crippen LogP contribution in [0.25, 0.3) is 0 Å². The molecule has 4 rings (SSSR count). The van der Waals surface area contributed by atoms with Crippen molar-refractivity contribution in [1.82, 2.24) is 0 Å². The highest BCUT2D eigenvalue weighted by atomic mass is 79.9. The topological polar surface area (TPSA) is 84.9 Å². The molecule has 1 aliphatic rings. The van der Waals surface area contributed by atoms with Crippen LogP contribution in [-0.2, 0) is 10.3 Å². The first-order valence-corrected chi connectivity index (χ1v) is 9.73. The van der Waals surface area contributed by atoms with E-state index in [1.54, 1.807) is 7.11 Å². The molecule has 6 heteroatoms. The van der Waals surface area contributed by atoms with E-state index in [-0.39, 0.29) is 0 Å². The van der Waals surface area contributed by atoms with E-state index in [0.29, 0.717) is 5.84 Å². The number of rotatable bonds is 3. The molecule has 148 valence electrons. The fourth-order valence-electron chi connectivity index (χ4n) is 3.48. The number of ether oxygens (including phenoxy) is 1. The zero-order chi connectivity index (χ0) is 21.0. The highest BCUT2D eigenvalue weighted by molar-refractivity contribution is 9.10. The second-order valence-electron chi connectivity index (χ2n) is 6.51.